The summed E-state index contributed by atoms with van der Waals surface area (Å²) >= 11 is 0. The van der Waals surface area contributed by atoms with Crippen molar-refractivity contribution in [3.05, 3.63) is 29.8 Å². The number of aliphatic hydroxyl groups is 1. The average molecular weight is 289 g/mol. The molecule has 1 saturated carbocycles. The first kappa shape index (κ1) is 15.1. The van der Waals surface area contributed by atoms with E-state index in [0.29, 0.717) is 12.1 Å². The van der Waals surface area contributed by atoms with E-state index in [1.165, 1.54) is 18.2 Å². The molecule has 3 nitrogen and oxygen atoms in total. The van der Waals surface area contributed by atoms with Gasteiger partial charge in [0.1, 0.15) is 5.75 Å². The van der Waals surface area contributed by atoms with Gasteiger partial charge in [0, 0.05) is 12.6 Å². The highest BCUT2D eigenvalue weighted by Crippen LogP contribution is 2.31. The molecule has 2 rings (SSSR count). The predicted molar refractivity (Wildman–Crippen MR) is 68.3 cm³/mol. The molecule has 0 radical (unpaired) electrons. The summed E-state index contributed by atoms with van der Waals surface area (Å²) in [6.45, 7) is 2.28. The second kappa shape index (κ2) is 5.61. The number of alkyl halides is 3. The highest BCUT2D eigenvalue weighted by molar-refractivity contribution is 5.30. The van der Waals surface area contributed by atoms with Gasteiger partial charge >= 0.3 is 6.36 Å². The summed E-state index contributed by atoms with van der Waals surface area (Å²) in [4.78, 5) is 0. The van der Waals surface area contributed by atoms with Crippen molar-refractivity contribution < 1.29 is 23.0 Å². The predicted octanol–water partition coefficient (Wildman–Crippen LogP) is 3.15. The number of halogens is 3. The Hall–Kier alpha value is -1.27. The molecule has 6 heteroatoms. The standard InChI is InChI=1S/C14H18F3NO2/c1-10(18-9-13(19)6-3-7-13)11-4-2-5-12(8-11)20-14(15,16)17/h2,4-5,8,10,18-19H,3,6-7,9H2,1H3. The van der Waals surface area contributed by atoms with Gasteiger partial charge in [-0.2, -0.15) is 0 Å². The Morgan fingerprint density at radius 1 is 1.40 bits per heavy atom. The number of benzene rings is 1. The van der Waals surface area contributed by atoms with Crippen LogP contribution in [0.15, 0.2) is 24.3 Å². The van der Waals surface area contributed by atoms with E-state index in [4.69, 9.17) is 0 Å². The van der Waals surface area contributed by atoms with Gasteiger partial charge in [-0.25, -0.2) is 0 Å². The maximum Gasteiger partial charge on any atom is 0.573 e. The highest BCUT2D eigenvalue weighted by atomic mass is 19.4. The zero-order chi connectivity index (χ0) is 14.8. The van der Waals surface area contributed by atoms with Crippen molar-refractivity contribution in [3.8, 4) is 5.75 Å². The number of ether oxygens (including phenoxy) is 1. The van der Waals surface area contributed by atoms with Gasteiger partial charge in [-0.1, -0.05) is 12.1 Å². The molecule has 0 bridgehead atoms. The zero-order valence-corrected chi connectivity index (χ0v) is 11.2. The van der Waals surface area contributed by atoms with Crippen molar-refractivity contribution in [1.82, 2.24) is 5.32 Å². The van der Waals surface area contributed by atoms with Crippen molar-refractivity contribution >= 4 is 0 Å². The van der Waals surface area contributed by atoms with Gasteiger partial charge in [-0.15, -0.1) is 13.2 Å². The van der Waals surface area contributed by atoms with E-state index in [1.54, 1.807) is 6.07 Å². The van der Waals surface area contributed by atoms with Crippen LogP contribution in [0.4, 0.5) is 13.2 Å². The largest absolute Gasteiger partial charge is 0.573 e. The number of hydrogen-bond donors (Lipinski definition) is 2. The molecule has 1 aliphatic carbocycles. The molecule has 0 spiro atoms. The van der Waals surface area contributed by atoms with Crippen LogP contribution in [0.25, 0.3) is 0 Å². The molecule has 1 fully saturated rings. The molecule has 0 aromatic heterocycles. The maximum atomic E-state index is 12.2. The van der Waals surface area contributed by atoms with Crippen LogP contribution in [0, 0.1) is 0 Å². The summed E-state index contributed by atoms with van der Waals surface area (Å²) in [5.41, 5.74) is 0.0311. The van der Waals surface area contributed by atoms with Crippen LogP contribution in [0.3, 0.4) is 0 Å². The molecule has 0 heterocycles. The molecular formula is C14H18F3NO2. The third-order valence-electron chi connectivity index (χ3n) is 3.61. The topological polar surface area (TPSA) is 41.5 Å². The summed E-state index contributed by atoms with van der Waals surface area (Å²) in [5.74, 6) is -0.231. The summed E-state index contributed by atoms with van der Waals surface area (Å²) in [6, 6.07) is 5.72. The number of nitrogens with one attached hydrogen (secondary N) is 1. The minimum Gasteiger partial charge on any atom is -0.406 e. The van der Waals surface area contributed by atoms with E-state index in [1.807, 2.05) is 6.92 Å². The third-order valence-corrected chi connectivity index (χ3v) is 3.61. The molecular weight excluding hydrogens is 271 g/mol. The lowest BCUT2D eigenvalue weighted by atomic mass is 9.80. The summed E-state index contributed by atoms with van der Waals surface area (Å²) < 4.78 is 40.4. The van der Waals surface area contributed by atoms with Crippen molar-refractivity contribution in [1.29, 1.82) is 0 Å². The van der Waals surface area contributed by atoms with Gasteiger partial charge in [0.15, 0.2) is 0 Å². The van der Waals surface area contributed by atoms with Crippen LogP contribution >= 0.6 is 0 Å². The normalized spacial score (nSPS) is 19.2. The molecule has 0 aliphatic heterocycles. The van der Waals surface area contributed by atoms with Crippen LogP contribution in [0.2, 0.25) is 0 Å². The smallest absolute Gasteiger partial charge is 0.406 e. The monoisotopic (exact) mass is 289 g/mol. The van der Waals surface area contributed by atoms with Crippen LogP contribution in [-0.4, -0.2) is 23.6 Å². The van der Waals surface area contributed by atoms with Crippen LogP contribution < -0.4 is 10.1 Å². The molecule has 1 aromatic rings. The first-order valence-electron chi connectivity index (χ1n) is 6.59. The Kier molecular flexibility index (Phi) is 4.25. The lowest BCUT2D eigenvalue weighted by molar-refractivity contribution is -0.274. The fourth-order valence-electron chi connectivity index (χ4n) is 2.20. The van der Waals surface area contributed by atoms with Gasteiger partial charge in [0.2, 0.25) is 0 Å². The van der Waals surface area contributed by atoms with Gasteiger partial charge in [-0.05, 0) is 43.9 Å². The molecule has 20 heavy (non-hydrogen) atoms. The molecule has 2 N–H and O–H groups in total. The second-order valence-electron chi connectivity index (χ2n) is 5.30. The first-order chi connectivity index (χ1) is 9.27. The minimum absolute atomic E-state index is 0.156. The Morgan fingerprint density at radius 3 is 2.65 bits per heavy atom. The fourth-order valence-corrected chi connectivity index (χ4v) is 2.20. The maximum absolute atomic E-state index is 12.2. The Morgan fingerprint density at radius 2 is 2.10 bits per heavy atom. The van der Waals surface area contributed by atoms with Crippen molar-refractivity contribution in [2.24, 2.45) is 0 Å². The average Bonchev–Trinajstić information content (AvgIpc) is 2.32. The highest BCUT2D eigenvalue weighted by Gasteiger charge is 2.34. The van der Waals surface area contributed by atoms with Crippen LogP contribution in [-0.2, 0) is 0 Å². The van der Waals surface area contributed by atoms with Crippen molar-refractivity contribution in [2.45, 2.75) is 44.2 Å². The molecule has 1 aliphatic rings. The molecule has 1 aromatic carbocycles. The lowest BCUT2D eigenvalue weighted by Gasteiger charge is -2.37. The van der Waals surface area contributed by atoms with E-state index < -0.39 is 12.0 Å². The van der Waals surface area contributed by atoms with Crippen molar-refractivity contribution in [2.75, 3.05) is 6.54 Å². The van der Waals surface area contributed by atoms with E-state index in [9.17, 15) is 18.3 Å². The summed E-state index contributed by atoms with van der Waals surface area (Å²) in [7, 11) is 0. The summed E-state index contributed by atoms with van der Waals surface area (Å²) in [5, 5.41) is 13.1. The van der Waals surface area contributed by atoms with E-state index in [-0.39, 0.29) is 11.8 Å². The fraction of sp³-hybridized carbons (Fsp3) is 0.571. The number of hydrogen-bond acceptors (Lipinski definition) is 3. The van der Waals surface area contributed by atoms with Crippen molar-refractivity contribution in [3.63, 3.8) is 0 Å². The quantitative estimate of drug-likeness (QED) is 0.875. The molecule has 112 valence electrons. The summed E-state index contributed by atoms with van der Waals surface area (Å²) in [6.07, 6.45) is -2.13. The minimum atomic E-state index is -4.68. The number of rotatable bonds is 5. The van der Waals surface area contributed by atoms with Crippen LogP contribution in [0.1, 0.15) is 37.8 Å². The SMILES string of the molecule is CC(NCC1(O)CCC1)c1cccc(OC(F)(F)F)c1. The second-order valence-corrected chi connectivity index (χ2v) is 5.30. The third kappa shape index (κ3) is 4.11. The Labute approximate surface area is 115 Å². The lowest BCUT2D eigenvalue weighted by Crippen LogP contribution is -2.46. The van der Waals surface area contributed by atoms with Gasteiger partial charge < -0.3 is 15.2 Å². The van der Waals surface area contributed by atoms with Gasteiger partial charge in [0.05, 0.1) is 5.60 Å². The van der Waals surface area contributed by atoms with E-state index in [0.717, 1.165) is 19.3 Å². The molecule has 0 amide bonds. The molecule has 1 atom stereocenters. The first-order valence-corrected chi connectivity index (χ1v) is 6.59. The van der Waals surface area contributed by atoms with Gasteiger partial charge in [0.25, 0.3) is 0 Å². The molecule has 1 unspecified atom stereocenters. The van der Waals surface area contributed by atoms with Crippen LogP contribution in [0.5, 0.6) is 5.75 Å². The Balaban J connectivity index is 1.95. The zero-order valence-electron chi connectivity index (χ0n) is 11.2. The van der Waals surface area contributed by atoms with Gasteiger partial charge in [-0.3, -0.25) is 0 Å². The van der Waals surface area contributed by atoms with E-state index >= 15 is 0 Å². The molecule has 0 saturated heterocycles. The Bertz CT molecular complexity index is 458. The van der Waals surface area contributed by atoms with E-state index in [2.05, 4.69) is 10.1 Å².